The lowest BCUT2D eigenvalue weighted by Gasteiger charge is -2.15. The fourth-order valence-electron chi connectivity index (χ4n) is 1.69. The molecule has 1 aromatic heterocycles. The van der Waals surface area contributed by atoms with E-state index in [2.05, 4.69) is 20.6 Å². The van der Waals surface area contributed by atoms with Gasteiger partial charge in [0, 0.05) is 18.1 Å². The maximum absolute atomic E-state index is 12.7. The molecule has 0 aliphatic heterocycles. The minimum Gasteiger partial charge on any atom is -0.347 e. The molecule has 0 saturated carbocycles. The fraction of sp³-hybridized carbons (Fsp3) is 0.231. The molecule has 6 heteroatoms. The number of hydrogen-bond acceptors (Lipinski definition) is 2. The first-order valence-corrected chi connectivity index (χ1v) is 6.01. The van der Waals surface area contributed by atoms with Crippen molar-refractivity contribution in [3.05, 3.63) is 48.3 Å². The molecule has 5 nitrogen and oxygen atoms in total. The average molecular weight is 262 g/mol. The van der Waals surface area contributed by atoms with E-state index in [0.717, 1.165) is 0 Å². The Morgan fingerprint density at radius 3 is 2.74 bits per heavy atom. The van der Waals surface area contributed by atoms with Crippen LogP contribution in [0.3, 0.4) is 0 Å². The first-order valence-electron chi connectivity index (χ1n) is 6.01. The van der Waals surface area contributed by atoms with Crippen LogP contribution in [0.1, 0.15) is 25.2 Å². The Hall–Kier alpha value is -2.37. The Balaban J connectivity index is 1.95. The van der Waals surface area contributed by atoms with Crippen LogP contribution in [0, 0.1) is 5.82 Å². The summed E-state index contributed by atoms with van der Waals surface area (Å²) in [6.07, 6.45) is 4.06. The quantitative estimate of drug-likeness (QED) is 0.793. The molecule has 19 heavy (non-hydrogen) atoms. The first-order chi connectivity index (χ1) is 9.19. The van der Waals surface area contributed by atoms with E-state index in [1.54, 1.807) is 12.4 Å². The van der Waals surface area contributed by atoms with E-state index in [0.29, 0.717) is 17.9 Å². The zero-order valence-corrected chi connectivity index (χ0v) is 10.5. The van der Waals surface area contributed by atoms with Crippen LogP contribution in [0.5, 0.6) is 0 Å². The van der Waals surface area contributed by atoms with Crippen LogP contribution in [0.4, 0.5) is 14.9 Å². The lowest BCUT2D eigenvalue weighted by Crippen LogP contribution is -2.32. The standard InChI is InChI=1S/C13H15FN4O/c1-2-11(12-15-7-8-16-12)18-13(19)17-10-5-3-9(14)4-6-10/h3-8,11H,2H2,1H3,(H,15,16)(H2,17,18,19). The Morgan fingerprint density at radius 2 is 2.16 bits per heavy atom. The van der Waals surface area contributed by atoms with Gasteiger partial charge in [0.05, 0.1) is 6.04 Å². The summed E-state index contributed by atoms with van der Waals surface area (Å²) in [7, 11) is 0. The van der Waals surface area contributed by atoms with Gasteiger partial charge < -0.3 is 15.6 Å². The highest BCUT2D eigenvalue weighted by Crippen LogP contribution is 2.12. The number of carbonyl (C=O) groups excluding carboxylic acids is 1. The Bertz CT molecular complexity index is 524. The average Bonchev–Trinajstić information content (AvgIpc) is 2.92. The predicted octanol–water partition coefficient (Wildman–Crippen LogP) is 2.82. The summed E-state index contributed by atoms with van der Waals surface area (Å²) in [6, 6.07) is 5.05. The second kappa shape index (κ2) is 5.99. The summed E-state index contributed by atoms with van der Waals surface area (Å²) in [6.45, 7) is 1.95. The number of imidazole rings is 1. The number of H-pyrrole nitrogens is 1. The number of aromatic amines is 1. The Labute approximate surface area is 110 Å². The molecule has 2 rings (SSSR count). The number of carbonyl (C=O) groups is 1. The van der Waals surface area contributed by atoms with Gasteiger partial charge in [0.15, 0.2) is 0 Å². The van der Waals surface area contributed by atoms with E-state index in [4.69, 9.17) is 0 Å². The van der Waals surface area contributed by atoms with Gasteiger partial charge in [-0.05, 0) is 30.7 Å². The van der Waals surface area contributed by atoms with Gasteiger partial charge in [-0.2, -0.15) is 0 Å². The Morgan fingerprint density at radius 1 is 1.42 bits per heavy atom. The molecule has 0 radical (unpaired) electrons. The number of rotatable bonds is 4. The van der Waals surface area contributed by atoms with Gasteiger partial charge in [0.25, 0.3) is 0 Å². The molecular formula is C13H15FN4O. The van der Waals surface area contributed by atoms with Gasteiger partial charge in [-0.15, -0.1) is 0 Å². The van der Waals surface area contributed by atoms with E-state index >= 15 is 0 Å². The highest BCUT2D eigenvalue weighted by atomic mass is 19.1. The predicted molar refractivity (Wildman–Crippen MR) is 70.2 cm³/mol. The summed E-state index contributed by atoms with van der Waals surface area (Å²) in [4.78, 5) is 18.9. The minimum absolute atomic E-state index is 0.185. The van der Waals surface area contributed by atoms with Crippen LogP contribution in [0.25, 0.3) is 0 Å². The van der Waals surface area contributed by atoms with Crippen molar-refractivity contribution in [1.82, 2.24) is 15.3 Å². The van der Waals surface area contributed by atoms with E-state index in [9.17, 15) is 9.18 Å². The van der Waals surface area contributed by atoms with E-state index in [-0.39, 0.29) is 17.9 Å². The van der Waals surface area contributed by atoms with Gasteiger partial charge in [0.1, 0.15) is 11.6 Å². The third-order valence-electron chi connectivity index (χ3n) is 2.67. The molecule has 2 aromatic rings. The minimum atomic E-state index is -0.352. The molecule has 0 aliphatic rings. The molecule has 100 valence electrons. The molecule has 1 heterocycles. The lowest BCUT2D eigenvalue weighted by molar-refractivity contribution is 0.247. The fourth-order valence-corrected chi connectivity index (χ4v) is 1.69. The highest BCUT2D eigenvalue weighted by Gasteiger charge is 2.14. The number of urea groups is 1. The molecule has 2 amide bonds. The third kappa shape index (κ3) is 3.54. The molecule has 1 unspecified atom stereocenters. The topological polar surface area (TPSA) is 69.8 Å². The van der Waals surface area contributed by atoms with Crippen LogP contribution < -0.4 is 10.6 Å². The monoisotopic (exact) mass is 262 g/mol. The zero-order valence-electron chi connectivity index (χ0n) is 10.5. The second-order valence-electron chi connectivity index (χ2n) is 4.04. The molecule has 0 fully saturated rings. The van der Waals surface area contributed by atoms with Gasteiger partial charge in [-0.3, -0.25) is 0 Å². The van der Waals surface area contributed by atoms with Crippen LogP contribution in [0.15, 0.2) is 36.7 Å². The SMILES string of the molecule is CCC(NC(=O)Nc1ccc(F)cc1)c1ncc[nH]1. The number of benzene rings is 1. The maximum atomic E-state index is 12.7. The van der Waals surface area contributed by atoms with Crippen LogP contribution in [-0.2, 0) is 0 Å². The van der Waals surface area contributed by atoms with Crippen LogP contribution in [-0.4, -0.2) is 16.0 Å². The van der Waals surface area contributed by atoms with Gasteiger partial charge in [0.2, 0.25) is 0 Å². The first kappa shape index (κ1) is 13.1. The summed E-state index contributed by atoms with van der Waals surface area (Å²) in [5.41, 5.74) is 0.535. The summed E-state index contributed by atoms with van der Waals surface area (Å²) in [5.74, 6) is 0.365. The number of anilines is 1. The van der Waals surface area contributed by atoms with Crippen molar-refractivity contribution in [2.45, 2.75) is 19.4 Å². The van der Waals surface area contributed by atoms with Crippen molar-refractivity contribution in [1.29, 1.82) is 0 Å². The van der Waals surface area contributed by atoms with Crippen molar-refractivity contribution < 1.29 is 9.18 Å². The number of nitrogens with zero attached hydrogens (tertiary/aromatic N) is 1. The number of amides is 2. The second-order valence-corrected chi connectivity index (χ2v) is 4.04. The molecule has 0 saturated heterocycles. The number of hydrogen-bond donors (Lipinski definition) is 3. The summed E-state index contributed by atoms with van der Waals surface area (Å²) in [5, 5.41) is 5.43. The van der Waals surface area contributed by atoms with Gasteiger partial charge >= 0.3 is 6.03 Å². The zero-order chi connectivity index (χ0) is 13.7. The van der Waals surface area contributed by atoms with Gasteiger partial charge in [-0.1, -0.05) is 6.92 Å². The molecule has 1 atom stereocenters. The largest absolute Gasteiger partial charge is 0.347 e. The molecule has 1 aromatic carbocycles. The normalized spacial score (nSPS) is 11.9. The van der Waals surface area contributed by atoms with Crippen molar-refractivity contribution in [3.63, 3.8) is 0 Å². The summed E-state index contributed by atoms with van der Waals surface area (Å²) < 4.78 is 12.7. The molecule has 0 bridgehead atoms. The van der Waals surface area contributed by atoms with E-state index in [1.807, 2.05) is 6.92 Å². The van der Waals surface area contributed by atoms with Crippen LogP contribution in [0.2, 0.25) is 0 Å². The lowest BCUT2D eigenvalue weighted by atomic mass is 10.2. The van der Waals surface area contributed by atoms with Crippen molar-refractivity contribution in [3.8, 4) is 0 Å². The molecule has 0 spiro atoms. The van der Waals surface area contributed by atoms with E-state index < -0.39 is 0 Å². The number of halogens is 1. The maximum Gasteiger partial charge on any atom is 0.319 e. The third-order valence-corrected chi connectivity index (χ3v) is 2.67. The van der Waals surface area contributed by atoms with Crippen molar-refractivity contribution in [2.24, 2.45) is 0 Å². The van der Waals surface area contributed by atoms with Crippen molar-refractivity contribution in [2.75, 3.05) is 5.32 Å². The molecule has 3 N–H and O–H groups in total. The summed E-state index contributed by atoms with van der Waals surface area (Å²) >= 11 is 0. The number of nitrogens with one attached hydrogen (secondary N) is 3. The number of aromatic nitrogens is 2. The smallest absolute Gasteiger partial charge is 0.319 e. The molecular weight excluding hydrogens is 247 g/mol. The highest BCUT2D eigenvalue weighted by molar-refractivity contribution is 5.89. The van der Waals surface area contributed by atoms with Gasteiger partial charge in [-0.25, -0.2) is 14.2 Å². The Kier molecular flexibility index (Phi) is 4.12. The van der Waals surface area contributed by atoms with Crippen molar-refractivity contribution >= 4 is 11.7 Å². The van der Waals surface area contributed by atoms with Crippen LogP contribution >= 0.6 is 0 Å². The van der Waals surface area contributed by atoms with E-state index in [1.165, 1.54) is 24.3 Å². The molecule has 0 aliphatic carbocycles.